The Kier molecular flexibility index (Phi) is 6.14. The zero-order valence-corrected chi connectivity index (χ0v) is 19.2. The number of ether oxygens (including phenoxy) is 1. The number of benzene rings is 2. The van der Waals surface area contributed by atoms with Gasteiger partial charge in [0, 0.05) is 5.92 Å². The molecule has 0 amide bonds. The minimum Gasteiger partial charge on any atom is -0.489 e. The zero-order valence-electron chi connectivity index (χ0n) is 19.2. The third kappa shape index (κ3) is 3.70. The van der Waals surface area contributed by atoms with Crippen LogP contribution in [0.2, 0.25) is 0 Å². The van der Waals surface area contributed by atoms with Gasteiger partial charge in [0.25, 0.3) is 0 Å². The van der Waals surface area contributed by atoms with Crippen LogP contribution in [-0.4, -0.2) is 0 Å². The van der Waals surface area contributed by atoms with Gasteiger partial charge in [-0.1, -0.05) is 18.2 Å². The third-order valence-corrected chi connectivity index (χ3v) is 7.07. The van der Waals surface area contributed by atoms with E-state index < -0.39 is 11.3 Å². The van der Waals surface area contributed by atoms with Crippen molar-refractivity contribution in [2.24, 2.45) is 17.1 Å². The first-order valence-corrected chi connectivity index (χ1v) is 11.3. The van der Waals surface area contributed by atoms with E-state index in [1.807, 2.05) is 32.1 Å². The van der Waals surface area contributed by atoms with Crippen LogP contribution in [0.25, 0.3) is 0 Å². The molecule has 0 aromatic heterocycles. The molecule has 6 heteroatoms. The summed E-state index contributed by atoms with van der Waals surface area (Å²) in [5.41, 5.74) is 9.67. The summed E-state index contributed by atoms with van der Waals surface area (Å²) in [4.78, 5) is 0. The smallest absolute Gasteiger partial charge is 0.191 e. The molecule has 2 aliphatic carbocycles. The molecule has 2 aromatic rings. The highest BCUT2D eigenvalue weighted by molar-refractivity contribution is 5.60. The van der Waals surface area contributed by atoms with E-state index in [-0.39, 0.29) is 29.6 Å². The molecule has 0 saturated carbocycles. The first kappa shape index (κ1) is 23.1. The van der Waals surface area contributed by atoms with Gasteiger partial charge in [-0.05, 0) is 91.1 Å². The van der Waals surface area contributed by atoms with Gasteiger partial charge >= 0.3 is 0 Å². The van der Waals surface area contributed by atoms with Crippen molar-refractivity contribution in [2.45, 2.75) is 45.6 Å². The maximum absolute atomic E-state index is 13.2. The van der Waals surface area contributed by atoms with Crippen molar-refractivity contribution in [3.05, 3.63) is 87.4 Å². The Balaban J connectivity index is 1.83. The van der Waals surface area contributed by atoms with Crippen LogP contribution >= 0.6 is 0 Å². The number of nitrogens with two attached hydrogens (primary N) is 1. The van der Waals surface area contributed by atoms with E-state index in [2.05, 4.69) is 18.2 Å². The summed E-state index contributed by atoms with van der Waals surface area (Å²) < 4.78 is 19.1. The molecule has 2 aromatic carbocycles. The molecule has 0 radical (unpaired) electrons. The Morgan fingerprint density at radius 3 is 2.44 bits per heavy atom. The predicted octanol–water partition coefficient (Wildman–Crippen LogP) is 5.62. The Morgan fingerprint density at radius 2 is 1.79 bits per heavy atom. The van der Waals surface area contributed by atoms with Gasteiger partial charge in [0.05, 0.1) is 23.4 Å². The van der Waals surface area contributed by atoms with Crippen LogP contribution in [0.15, 0.2) is 59.3 Å². The molecule has 2 N–H and O–H groups in total. The van der Waals surface area contributed by atoms with E-state index in [0.717, 1.165) is 47.1 Å². The number of aryl methyl sites for hydroxylation is 2. The Labute approximate surface area is 199 Å². The number of halogens is 1. The molecule has 2 atom stereocenters. The first-order chi connectivity index (χ1) is 16.4. The van der Waals surface area contributed by atoms with Crippen molar-refractivity contribution < 1.29 is 9.13 Å². The summed E-state index contributed by atoms with van der Waals surface area (Å²) in [7, 11) is 0. The fourth-order valence-electron chi connectivity index (χ4n) is 5.32. The first-order valence-electron chi connectivity index (χ1n) is 11.3. The van der Waals surface area contributed by atoms with Crippen LogP contribution in [0.5, 0.6) is 5.75 Å². The predicted molar refractivity (Wildman–Crippen MR) is 125 cm³/mol. The molecular weight excluding hydrogens is 427 g/mol. The van der Waals surface area contributed by atoms with Crippen LogP contribution in [0.4, 0.5) is 4.39 Å². The summed E-state index contributed by atoms with van der Waals surface area (Å²) in [6, 6.07) is 16.4. The summed E-state index contributed by atoms with van der Waals surface area (Å²) >= 11 is 0. The molecule has 0 saturated heterocycles. The van der Waals surface area contributed by atoms with E-state index in [4.69, 9.17) is 10.5 Å². The van der Waals surface area contributed by atoms with Crippen molar-refractivity contribution in [1.82, 2.24) is 0 Å². The molecule has 5 nitrogen and oxygen atoms in total. The standard InChI is InChI=1S/C28H25FN4O/c1-17-11-18(2)24(12-19(17)14-34-21-9-7-20(29)8-10-21)26-23-6-4-3-5-22(23)25(13-30)27(33)28(26,15-31)16-32/h5,7-12,23,26H,3-4,6,14,33H2,1-2H3. The van der Waals surface area contributed by atoms with Gasteiger partial charge in [-0.2, -0.15) is 15.8 Å². The number of allylic oxidation sites excluding steroid dienone is 4. The van der Waals surface area contributed by atoms with Gasteiger partial charge in [-0.25, -0.2) is 4.39 Å². The minimum atomic E-state index is -1.64. The lowest BCUT2D eigenvalue weighted by Gasteiger charge is -2.44. The van der Waals surface area contributed by atoms with Crippen molar-refractivity contribution in [3.63, 3.8) is 0 Å². The number of nitriles is 3. The summed E-state index contributed by atoms with van der Waals surface area (Å²) in [6.07, 6.45) is 4.57. The summed E-state index contributed by atoms with van der Waals surface area (Å²) in [5.74, 6) is -0.438. The second-order valence-corrected chi connectivity index (χ2v) is 8.98. The lowest BCUT2D eigenvalue weighted by atomic mass is 9.56. The SMILES string of the molecule is Cc1cc(C)c(C2C3CCCC=C3C(C#N)=C(N)C2(C#N)C#N)cc1COc1ccc(F)cc1. The lowest BCUT2D eigenvalue weighted by Crippen LogP contribution is -2.43. The van der Waals surface area contributed by atoms with Crippen LogP contribution in [0.3, 0.4) is 0 Å². The average molecular weight is 453 g/mol. The minimum absolute atomic E-state index is 0.0403. The van der Waals surface area contributed by atoms with Gasteiger partial charge in [0.2, 0.25) is 0 Å². The Morgan fingerprint density at radius 1 is 1.09 bits per heavy atom. The molecule has 34 heavy (non-hydrogen) atoms. The highest BCUT2D eigenvalue weighted by Crippen LogP contribution is 2.56. The van der Waals surface area contributed by atoms with Crippen molar-refractivity contribution in [3.8, 4) is 24.0 Å². The number of hydrogen-bond acceptors (Lipinski definition) is 5. The van der Waals surface area contributed by atoms with Crippen molar-refractivity contribution in [1.29, 1.82) is 15.8 Å². The topological polar surface area (TPSA) is 107 Å². The molecule has 2 aliphatic rings. The van der Waals surface area contributed by atoms with Crippen LogP contribution in [0, 0.1) is 65.0 Å². The second-order valence-electron chi connectivity index (χ2n) is 8.98. The van der Waals surface area contributed by atoms with E-state index >= 15 is 0 Å². The molecule has 0 aliphatic heterocycles. The maximum atomic E-state index is 13.2. The van der Waals surface area contributed by atoms with Gasteiger partial charge < -0.3 is 10.5 Å². The van der Waals surface area contributed by atoms with E-state index in [9.17, 15) is 20.2 Å². The van der Waals surface area contributed by atoms with Gasteiger partial charge in [0.15, 0.2) is 5.41 Å². The summed E-state index contributed by atoms with van der Waals surface area (Å²) in [5, 5.41) is 30.4. The largest absolute Gasteiger partial charge is 0.489 e. The number of rotatable bonds is 4. The fourth-order valence-corrected chi connectivity index (χ4v) is 5.32. The van der Waals surface area contributed by atoms with Gasteiger partial charge in [0.1, 0.15) is 24.2 Å². The number of nitrogens with zero attached hydrogens (tertiary/aromatic N) is 3. The van der Waals surface area contributed by atoms with Gasteiger partial charge in [-0.15, -0.1) is 0 Å². The maximum Gasteiger partial charge on any atom is 0.191 e. The molecule has 0 bridgehead atoms. The van der Waals surface area contributed by atoms with Crippen LogP contribution < -0.4 is 10.5 Å². The molecule has 0 spiro atoms. The third-order valence-electron chi connectivity index (χ3n) is 7.07. The number of fused-ring (bicyclic) bond motifs is 1. The molecular formula is C28H25FN4O. The normalized spacial score (nSPS) is 20.9. The van der Waals surface area contributed by atoms with E-state index in [1.54, 1.807) is 12.1 Å². The van der Waals surface area contributed by atoms with E-state index in [0.29, 0.717) is 5.75 Å². The fraction of sp³-hybridized carbons (Fsp3) is 0.321. The summed E-state index contributed by atoms with van der Waals surface area (Å²) in [6.45, 7) is 4.21. The average Bonchev–Trinajstić information content (AvgIpc) is 2.84. The zero-order chi connectivity index (χ0) is 24.5. The van der Waals surface area contributed by atoms with Crippen LogP contribution in [0.1, 0.15) is 47.4 Å². The molecule has 4 rings (SSSR count). The van der Waals surface area contributed by atoms with Crippen molar-refractivity contribution in [2.75, 3.05) is 0 Å². The molecule has 2 unspecified atom stereocenters. The highest BCUT2D eigenvalue weighted by Gasteiger charge is 2.54. The van der Waals surface area contributed by atoms with Gasteiger partial charge in [-0.3, -0.25) is 0 Å². The molecule has 0 fully saturated rings. The van der Waals surface area contributed by atoms with Crippen LogP contribution in [-0.2, 0) is 6.61 Å². The number of hydrogen-bond donors (Lipinski definition) is 1. The van der Waals surface area contributed by atoms with Crippen molar-refractivity contribution >= 4 is 0 Å². The second kappa shape index (κ2) is 9.05. The lowest BCUT2D eigenvalue weighted by molar-refractivity contribution is 0.301. The molecule has 0 heterocycles. The Bertz CT molecular complexity index is 1300. The quantitative estimate of drug-likeness (QED) is 0.648. The Hall–Kier alpha value is -4.08. The molecule has 170 valence electrons. The monoisotopic (exact) mass is 452 g/mol. The van der Waals surface area contributed by atoms with E-state index in [1.165, 1.54) is 12.1 Å². The highest BCUT2D eigenvalue weighted by atomic mass is 19.1.